The fraction of sp³-hybridized carbons (Fsp3) is 0.188. The van der Waals surface area contributed by atoms with E-state index in [4.69, 9.17) is 5.26 Å². The predicted octanol–water partition coefficient (Wildman–Crippen LogP) is 2.85. The monoisotopic (exact) mass is 265 g/mol. The lowest BCUT2D eigenvalue weighted by molar-refractivity contribution is 0.0992. The van der Waals surface area contributed by atoms with Gasteiger partial charge >= 0.3 is 0 Å². The third-order valence-electron chi connectivity index (χ3n) is 3.35. The van der Waals surface area contributed by atoms with Gasteiger partial charge in [0.1, 0.15) is 6.07 Å². The zero-order valence-corrected chi connectivity index (χ0v) is 11.7. The lowest BCUT2D eigenvalue weighted by Gasteiger charge is -2.18. The molecule has 0 bridgehead atoms. The molecule has 0 aliphatic rings. The largest absolute Gasteiger partial charge is 0.311 e. The standard InChI is InChI=1S/C16H15N3O/c1-11-4-5-14(8-12(11)2)19(3)16(20)15-10-18-7-6-13(15)9-17/h4-8,10H,1-3H3. The smallest absolute Gasteiger partial charge is 0.260 e. The topological polar surface area (TPSA) is 57.0 Å². The van der Waals surface area contributed by atoms with Crippen LogP contribution in [0.2, 0.25) is 0 Å². The Bertz CT molecular complexity index is 701. The molecule has 1 heterocycles. The van der Waals surface area contributed by atoms with E-state index in [-0.39, 0.29) is 5.91 Å². The first-order valence-corrected chi connectivity index (χ1v) is 6.24. The number of carbonyl (C=O) groups excluding carboxylic acids is 1. The van der Waals surface area contributed by atoms with Crippen LogP contribution in [0.4, 0.5) is 5.69 Å². The quantitative estimate of drug-likeness (QED) is 0.839. The molecule has 1 aromatic carbocycles. The lowest BCUT2D eigenvalue weighted by Crippen LogP contribution is -2.27. The van der Waals surface area contributed by atoms with Gasteiger partial charge in [-0.1, -0.05) is 6.07 Å². The van der Waals surface area contributed by atoms with Crippen LogP contribution in [0.1, 0.15) is 27.0 Å². The SMILES string of the molecule is Cc1ccc(N(C)C(=O)c2cnccc2C#N)cc1C. The Morgan fingerprint density at radius 1 is 1.25 bits per heavy atom. The maximum atomic E-state index is 12.5. The van der Waals surface area contributed by atoms with Gasteiger partial charge in [0.05, 0.1) is 11.1 Å². The van der Waals surface area contributed by atoms with Gasteiger partial charge in [0.15, 0.2) is 0 Å². The second-order valence-corrected chi connectivity index (χ2v) is 4.67. The Morgan fingerprint density at radius 3 is 2.65 bits per heavy atom. The fourth-order valence-corrected chi connectivity index (χ4v) is 1.89. The molecule has 1 amide bonds. The average molecular weight is 265 g/mol. The summed E-state index contributed by atoms with van der Waals surface area (Å²) in [4.78, 5) is 17.9. The highest BCUT2D eigenvalue weighted by Crippen LogP contribution is 2.20. The van der Waals surface area contributed by atoms with Crippen LogP contribution in [0.3, 0.4) is 0 Å². The highest BCUT2D eigenvalue weighted by molar-refractivity contribution is 6.07. The minimum Gasteiger partial charge on any atom is -0.311 e. The maximum absolute atomic E-state index is 12.5. The number of hydrogen-bond acceptors (Lipinski definition) is 3. The highest BCUT2D eigenvalue weighted by atomic mass is 16.2. The van der Waals surface area contributed by atoms with Crippen molar-refractivity contribution in [1.82, 2.24) is 4.98 Å². The number of amides is 1. The number of pyridine rings is 1. The number of anilines is 1. The molecule has 2 aromatic rings. The number of hydrogen-bond donors (Lipinski definition) is 0. The summed E-state index contributed by atoms with van der Waals surface area (Å²) >= 11 is 0. The third kappa shape index (κ3) is 2.52. The van der Waals surface area contributed by atoms with Crippen LogP contribution in [0.15, 0.2) is 36.7 Å². The van der Waals surface area contributed by atoms with Crippen molar-refractivity contribution < 1.29 is 4.79 Å². The van der Waals surface area contributed by atoms with E-state index in [0.29, 0.717) is 11.1 Å². The minimum atomic E-state index is -0.238. The normalized spacial score (nSPS) is 9.90. The Hall–Kier alpha value is -2.67. The van der Waals surface area contributed by atoms with Gasteiger partial charge in [-0.25, -0.2) is 0 Å². The van der Waals surface area contributed by atoms with Gasteiger partial charge in [-0.05, 0) is 43.2 Å². The van der Waals surface area contributed by atoms with Gasteiger partial charge in [-0.2, -0.15) is 5.26 Å². The van der Waals surface area contributed by atoms with E-state index in [2.05, 4.69) is 4.98 Å². The summed E-state index contributed by atoms with van der Waals surface area (Å²) in [6.07, 6.45) is 2.93. The van der Waals surface area contributed by atoms with Gasteiger partial charge in [-0.15, -0.1) is 0 Å². The number of nitrogens with zero attached hydrogens (tertiary/aromatic N) is 3. The Morgan fingerprint density at radius 2 is 2.00 bits per heavy atom. The van der Waals surface area contributed by atoms with E-state index in [1.807, 2.05) is 38.1 Å². The number of carbonyl (C=O) groups is 1. The molecule has 20 heavy (non-hydrogen) atoms. The first-order valence-electron chi connectivity index (χ1n) is 6.24. The van der Waals surface area contributed by atoms with Crippen molar-refractivity contribution in [1.29, 1.82) is 5.26 Å². The van der Waals surface area contributed by atoms with E-state index in [1.165, 1.54) is 22.9 Å². The van der Waals surface area contributed by atoms with Gasteiger partial charge in [0, 0.05) is 25.1 Å². The number of aromatic nitrogens is 1. The molecule has 0 unspecified atom stereocenters. The number of aryl methyl sites for hydroxylation is 2. The van der Waals surface area contributed by atoms with Crippen molar-refractivity contribution in [3.05, 3.63) is 58.9 Å². The maximum Gasteiger partial charge on any atom is 0.260 e. The molecule has 4 nitrogen and oxygen atoms in total. The van der Waals surface area contributed by atoms with Crippen LogP contribution in [0.5, 0.6) is 0 Å². The number of nitriles is 1. The third-order valence-corrected chi connectivity index (χ3v) is 3.35. The Kier molecular flexibility index (Phi) is 3.81. The zero-order valence-electron chi connectivity index (χ0n) is 11.7. The molecule has 0 saturated carbocycles. The van der Waals surface area contributed by atoms with Crippen molar-refractivity contribution in [2.45, 2.75) is 13.8 Å². The molecule has 0 aliphatic heterocycles. The zero-order chi connectivity index (χ0) is 14.7. The summed E-state index contributed by atoms with van der Waals surface area (Å²) in [6, 6.07) is 9.38. The molecule has 1 aromatic heterocycles. The van der Waals surface area contributed by atoms with Crippen LogP contribution < -0.4 is 4.90 Å². The Labute approximate surface area is 118 Å². The summed E-state index contributed by atoms with van der Waals surface area (Å²) in [5.74, 6) is -0.238. The van der Waals surface area contributed by atoms with E-state index < -0.39 is 0 Å². The first kappa shape index (κ1) is 13.8. The molecule has 4 heteroatoms. The van der Waals surface area contributed by atoms with Crippen molar-refractivity contribution in [2.24, 2.45) is 0 Å². The minimum absolute atomic E-state index is 0.238. The first-order chi connectivity index (χ1) is 9.54. The average Bonchev–Trinajstić information content (AvgIpc) is 2.48. The van der Waals surface area contributed by atoms with Crippen LogP contribution >= 0.6 is 0 Å². The van der Waals surface area contributed by atoms with E-state index >= 15 is 0 Å². The second kappa shape index (κ2) is 5.54. The molecule has 0 fully saturated rings. The molecule has 0 N–H and O–H groups in total. The van der Waals surface area contributed by atoms with Crippen molar-refractivity contribution >= 4 is 11.6 Å². The summed E-state index contributed by atoms with van der Waals surface area (Å²) in [6.45, 7) is 4.03. The van der Waals surface area contributed by atoms with Gasteiger partial charge < -0.3 is 4.90 Å². The van der Waals surface area contributed by atoms with Crippen LogP contribution in [-0.2, 0) is 0 Å². The molecule has 100 valence electrons. The molecule has 0 saturated heterocycles. The van der Waals surface area contributed by atoms with Gasteiger partial charge in [-0.3, -0.25) is 9.78 Å². The van der Waals surface area contributed by atoms with E-state index in [9.17, 15) is 4.79 Å². The fourth-order valence-electron chi connectivity index (χ4n) is 1.89. The molecular weight excluding hydrogens is 250 g/mol. The van der Waals surface area contributed by atoms with E-state index in [0.717, 1.165) is 11.3 Å². The molecule has 0 aliphatic carbocycles. The number of rotatable bonds is 2. The summed E-state index contributed by atoms with van der Waals surface area (Å²) in [5.41, 5.74) is 3.74. The summed E-state index contributed by atoms with van der Waals surface area (Å²) in [5, 5.41) is 9.05. The molecular formula is C16H15N3O. The van der Waals surface area contributed by atoms with Crippen LogP contribution in [0.25, 0.3) is 0 Å². The van der Waals surface area contributed by atoms with Crippen molar-refractivity contribution in [3.63, 3.8) is 0 Å². The molecule has 2 rings (SSSR count). The van der Waals surface area contributed by atoms with Crippen molar-refractivity contribution in [3.8, 4) is 6.07 Å². The predicted molar refractivity (Wildman–Crippen MR) is 77.6 cm³/mol. The van der Waals surface area contributed by atoms with Crippen LogP contribution in [-0.4, -0.2) is 17.9 Å². The highest BCUT2D eigenvalue weighted by Gasteiger charge is 2.17. The van der Waals surface area contributed by atoms with Gasteiger partial charge in [0.2, 0.25) is 0 Å². The lowest BCUT2D eigenvalue weighted by atomic mass is 10.1. The molecule has 0 radical (unpaired) electrons. The molecule has 0 atom stereocenters. The Balaban J connectivity index is 2.38. The summed E-state index contributed by atoms with van der Waals surface area (Å²) in [7, 11) is 1.70. The van der Waals surface area contributed by atoms with E-state index in [1.54, 1.807) is 13.1 Å². The van der Waals surface area contributed by atoms with Crippen LogP contribution in [0, 0.1) is 25.2 Å². The van der Waals surface area contributed by atoms with Gasteiger partial charge in [0.25, 0.3) is 5.91 Å². The number of benzene rings is 1. The second-order valence-electron chi connectivity index (χ2n) is 4.67. The van der Waals surface area contributed by atoms with Crippen molar-refractivity contribution in [2.75, 3.05) is 11.9 Å². The molecule has 0 spiro atoms. The summed E-state index contributed by atoms with van der Waals surface area (Å²) < 4.78 is 0.